The second-order valence-electron chi connectivity index (χ2n) is 8.52. The van der Waals surface area contributed by atoms with Gasteiger partial charge < -0.3 is 14.2 Å². The summed E-state index contributed by atoms with van der Waals surface area (Å²) in [5.41, 5.74) is 2.17. The van der Waals surface area contributed by atoms with Crippen LogP contribution in [-0.2, 0) is 11.3 Å². The first-order valence-corrected chi connectivity index (χ1v) is 11.0. The van der Waals surface area contributed by atoms with E-state index >= 15 is 0 Å². The highest BCUT2D eigenvalue weighted by atomic mass is 16.5. The zero-order valence-electron chi connectivity index (χ0n) is 18.2. The van der Waals surface area contributed by atoms with Gasteiger partial charge in [0, 0.05) is 37.8 Å². The Morgan fingerprint density at radius 3 is 2.65 bits per heavy atom. The van der Waals surface area contributed by atoms with Gasteiger partial charge in [0.15, 0.2) is 11.2 Å². The number of amides is 1. The normalized spacial score (nSPS) is 23.2. The van der Waals surface area contributed by atoms with Gasteiger partial charge >= 0.3 is 0 Å². The van der Waals surface area contributed by atoms with E-state index in [0.29, 0.717) is 36.2 Å². The standard InChI is InChI=1S/C22H27N7O2/c1-4-29-19(15-9-23-14(3)24-10-15)27-18-20(29)25-12-26-21(18)31-16-7-8-28(11-16)22(30)17-6-5-13(17)2/h9-10,12-13,16-17H,4-8,11H2,1-3H3. The number of aromatic nitrogens is 6. The van der Waals surface area contributed by atoms with Crippen LogP contribution < -0.4 is 4.74 Å². The average Bonchev–Trinajstić information content (AvgIpc) is 3.38. The van der Waals surface area contributed by atoms with Gasteiger partial charge in [-0.25, -0.2) is 19.9 Å². The van der Waals surface area contributed by atoms with Gasteiger partial charge in [-0.05, 0) is 32.6 Å². The molecule has 0 bridgehead atoms. The lowest BCUT2D eigenvalue weighted by Gasteiger charge is -2.35. The minimum absolute atomic E-state index is 0.0876. The molecule has 162 valence electrons. The van der Waals surface area contributed by atoms with Crippen LogP contribution in [0, 0.1) is 18.8 Å². The summed E-state index contributed by atoms with van der Waals surface area (Å²) in [6, 6.07) is 0. The number of nitrogens with zero attached hydrogens (tertiary/aromatic N) is 7. The van der Waals surface area contributed by atoms with Gasteiger partial charge in [0.05, 0.1) is 12.1 Å². The number of fused-ring (bicyclic) bond motifs is 1. The Morgan fingerprint density at radius 2 is 1.97 bits per heavy atom. The maximum atomic E-state index is 12.7. The monoisotopic (exact) mass is 421 g/mol. The van der Waals surface area contributed by atoms with Crippen LogP contribution in [0.2, 0.25) is 0 Å². The lowest BCUT2D eigenvalue weighted by molar-refractivity contribution is -0.139. The molecule has 3 atom stereocenters. The fourth-order valence-corrected chi connectivity index (χ4v) is 4.48. The third-order valence-electron chi connectivity index (χ3n) is 6.53. The maximum Gasteiger partial charge on any atom is 0.245 e. The highest BCUT2D eigenvalue weighted by Crippen LogP contribution is 2.36. The number of likely N-dealkylation sites (tertiary alicyclic amines) is 1. The summed E-state index contributed by atoms with van der Waals surface area (Å²) in [7, 11) is 0. The molecule has 5 rings (SSSR count). The molecule has 1 saturated carbocycles. The summed E-state index contributed by atoms with van der Waals surface area (Å²) in [5.74, 6) is 2.87. The van der Waals surface area contributed by atoms with Crippen molar-refractivity contribution in [3.8, 4) is 17.3 Å². The number of imidazole rings is 1. The molecule has 0 radical (unpaired) electrons. The van der Waals surface area contributed by atoms with Crippen LogP contribution in [0.25, 0.3) is 22.6 Å². The van der Waals surface area contributed by atoms with E-state index in [1.54, 1.807) is 12.4 Å². The second-order valence-corrected chi connectivity index (χ2v) is 8.52. The predicted molar refractivity (Wildman–Crippen MR) is 114 cm³/mol. The smallest absolute Gasteiger partial charge is 0.245 e. The van der Waals surface area contributed by atoms with Gasteiger partial charge in [-0.15, -0.1) is 0 Å². The molecule has 1 aliphatic carbocycles. The van der Waals surface area contributed by atoms with Crippen molar-refractivity contribution in [1.82, 2.24) is 34.4 Å². The molecule has 4 heterocycles. The van der Waals surface area contributed by atoms with Gasteiger partial charge in [-0.3, -0.25) is 4.79 Å². The molecule has 2 fully saturated rings. The van der Waals surface area contributed by atoms with Gasteiger partial charge in [-0.1, -0.05) is 6.92 Å². The number of aryl methyl sites for hydroxylation is 2. The van der Waals surface area contributed by atoms with Crippen LogP contribution in [0.1, 0.15) is 38.9 Å². The molecule has 0 aromatic carbocycles. The van der Waals surface area contributed by atoms with E-state index in [0.717, 1.165) is 42.8 Å². The van der Waals surface area contributed by atoms with Crippen LogP contribution in [0.5, 0.6) is 5.88 Å². The summed E-state index contributed by atoms with van der Waals surface area (Å²) >= 11 is 0. The first kappa shape index (κ1) is 19.8. The number of hydrogen-bond acceptors (Lipinski definition) is 7. The number of carbonyl (C=O) groups excluding carboxylic acids is 1. The lowest BCUT2D eigenvalue weighted by atomic mass is 9.74. The predicted octanol–water partition coefficient (Wildman–Crippen LogP) is 2.64. The molecule has 3 aromatic rings. The van der Waals surface area contributed by atoms with Crippen molar-refractivity contribution in [2.24, 2.45) is 11.8 Å². The Labute approximate surface area is 180 Å². The van der Waals surface area contributed by atoms with E-state index in [2.05, 4.69) is 26.9 Å². The number of hydrogen-bond donors (Lipinski definition) is 0. The number of carbonyl (C=O) groups is 1. The molecule has 9 nitrogen and oxygen atoms in total. The zero-order valence-corrected chi connectivity index (χ0v) is 18.2. The summed E-state index contributed by atoms with van der Waals surface area (Å²) in [5, 5.41) is 0. The third kappa shape index (κ3) is 3.51. The van der Waals surface area contributed by atoms with Crippen molar-refractivity contribution in [3.05, 3.63) is 24.5 Å². The minimum atomic E-state index is -0.0876. The van der Waals surface area contributed by atoms with Gasteiger partial charge in [0.25, 0.3) is 0 Å². The van der Waals surface area contributed by atoms with Gasteiger partial charge in [0.2, 0.25) is 11.8 Å². The molecule has 31 heavy (non-hydrogen) atoms. The molecule has 1 saturated heterocycles. The quantitative estimate of drug-likeness (QED) is 0.624. The van der Waals surface area contributed by atoms with Crippen molar-refractivity contribution < 1.29 is 9.53 Å². The van der Waals surface area contributed by atoms with Crippen LogP contribution in [0.4, 0.5) is 0 Å². The van der Waals surface area contributed by atoms with Crippen LogP contribution >= 0.6 is 0 Å². The lowest BCUT2D eigenvalue weighted by Crippen LogP contribution is -2.42. The number of rotatable bonds is 5. The highest BCUT2D eigenvalue weighted by molar-refractivity contribution is 5.81. The molecule has 3 unspecified atom stereocenters. The van der Waals surface area contributed by atoms with Crippen molar-refractivity contribution in [3.63, 3.8) is 0 Å². The Balaban J connectivity index is 1.39. The molecule has 2 aliphatic rings. The van der Waals surface area contributed by atoms with Gasteiger partial charge in [-0.2, -0.15) is 4.98 Å². The van der Waals surface area contributed by atoms with Crippen molar-refractivity contribution in [2.45, 2.75) is 52.7 Å². The molecule has 1 aliphatic heterocycles. The van der Waals surface area contributed by atoms with Crippen molar-refractivity contribution in [1.29, 1.82) is 0 Å². The first-order valence-electron chi connectivity index (χ1n) is 11.0. The Hall–Kier alpha value is -3.10. The zero-order chi connectivity index (χ0) is 21.5. The minimum Gasteiger partial charge on any atom is -0.471 e. The van der Waals surface area contributed by atoms with Crippen molar-refractivity contribution >= 4 is 17.1 Å². The molecule has 0 N–H and O–H groups in total. The molecule has 1 amide bonds. The summed E-state index contributed by atoms with van der Waals surface area (Å²) < 4.78 is 8.26. The van der Waals surface area contributed by atoms with Crippen LogP contribution in [0.3, 0.4) is 0 Å². The summed E-state index contributed by atoms with van der Waals surface area (Å²) in [6.45, 7) is 8.09. The van der Waals surface area contributed by atoms with E-state index in [1.165, 1.54) is 6.33 Å². The van der Waals surface area contributed by atoms with E-state index < -0.39 is 0 Å². The SMILES string of the molecule is CCn1c(-c2cnc(C)nc2)nc2c(OC3CCN(C(=O)C4CCC4C)C3)ncnc21. The molecular formula is C22H27N7O2. The fourth-order valence-electron chi connectivity index (χ4n) is 4.48. The average molecular weight is 422 g/mol. The first-order chi connectivity index (χ1) is 15.0. The second kappa shape index (κ2) is 7.86. The maximum absolute atomic E-state index is 12.7. The summed E-state index contributed by atoms with van der Waals surface area (Å²) in [4.78, 5) is 36.9. The Morgan fingerprint density at radius 1 is 1.16 bits per heavy atom. The van der Waals surface area contributed by atoms with Gasteiger partial charge in [0.1, 0.15) is 24.1 Å². The Bertz CT molecular complexity index is 1110. The number of ether oxygens (including phenoxy) is 1. The van der Waals surface area contributed by atoms with E-state index in [1.807, 2.05) is 23.3 Å². The van der Waals surface area contributed by atoms with Crippen LogP contribution in [0.15, 0.2) is 18.7 Å². The summed E-state index contributed by atoms with van der Waals surface area (Å²) in [6.07, 6.45) is 7.92. The van der Waals surface area contributed by atoms with Crippen molar-refractivity contribution in [2.75, 3.05) is 13.1 Å². The molecule has 9 heteroatoms. The topological polar surface area (TPSA) is 98.9 Å². The largest absolute Gasteiger partial charge is 0.471 e. The molecule has 3 aromatic heterocycles. The van der Waals surface area contributed by atoms with E-state index in [9.17, 15) is 4.79 Å². The van der Waals surface area contributed by atoms with E-state index in [-0.39, 0.29) is 17.9 Å². The van der Waals surface area contributed by atoms with Crippen LogP contribution in [-0.4, -0.2) is 59.5 Å². The molecule has 0 spiro atoms. The van der Waals surface area contributed by atoms with E-state index in [4.69, 9.17) is 9.72 Å². The highest BCUT2D eigenvalue weighted by Gasteiger charge is 2.38. The fraction of sp³-hybridized carbons (Fsp3) is 0.545. The molecular weight excluding hydrogens is 394 g/mol. The Kier molecular flexibility index (Phi) is 5.03. The third-order valence-corrected chi connectivity index (χ3v) is 6.53.